The summed E-state index contributed by atoms with van der Waals surface area (Å²) in [7, 11) is 1.82. The van der Waals surface area contributed by atoms with Crippen LogP contribution in [0.3, 0.4) is 0 Å². The molecule has 0 saturated heterocycles. The molecule has 0 amide bonds. The highest BCUT2D eigenvalue weighted by atomic mass is 16.4. The summed E-state index contributed by atoms with van der Waals surface area (Å²) < 4.78 is 0. The van der Waals surface area contributed by atoms with Crippen molar-refractivity contribution >= 4 is 5.97 Å². The van der Waals surface area contributed by atoms with E-state index in [1.54, 1.807) is 0 Å². The van der Waals surface area contributed by atoms with Gasteiger partial charge in [0.05, 0.1) is 12.0 Å². The van der Waals surface area contributed by atoms with Crippen molar-refractivity contribution in [2.75, 3.05) is 7.05 Å². The van der Waals surface area contributed by atoms with E-state index in [1.807, 2.05) is 67.7 Å². The van der Waals surface area contributed by atoms with Gasteiger partial charge in [-0.3, -0.25) is 4.79 Å². The maximum Gasteiger partial charge on any atom is 0.305 e. The minimum atomic E-state index is -0.806. The summed E-state index contributed by atoms with van der Waals surface area (Å²) >= 11 is 0. The van der Waals surface area contributed by atoms with Crippen LogP contribution in [0.25, 0.3) is 0 Å². The van der Waals surface area contributed by atoms with Gasteiger partial charge in [-0.05, 0) is 24.6 Å². The zero-order valence-corrected chi connectivity index (χ0v) is 11.5. The van der Waals surface area contributed by atoms with E-state index in [0.717, 1.165) is 11.1 Å². The van der Waals surface area contributed by atoms with E-state index in [0.29, 0.717) is 6.42 Å². The van der Waals surface area contributed by atoms with Crippen LogP contribution in [0.1, 0.15) is 17.5 Å². The van der Waals surface area contributed by atoms with Gasteiger partial charge < -0.3 is 10.4 Å². The zero-order chi connectivity index (χ0) is 14.4. The summed E-state index contributed by atoms with van der Waals surface area (Å²) in [4.78, 5) is 11.3. The Kier molecular flexibility index (Phi) is 4.53. The zero-order valence-electron chi connectivity index (χ0n) is 11.5. The van der Waals surface area contributed by atoms with Crippen LogP contribution < -0.4 is 5.32 Å². The summed E-state index contributed by atoms with van der Waals surface area (Å²) in [5.74, 6) is -0.806. The van der Waals surface area contributed by atoms with Crippen molar-refractivity contribution < 1.29 is 9.90 Å². The molecule has 0 aliphatic heterocycles. The summed E-state index contributed by atoms with van der Waals surface area (Å²) in [6.45, 7) is 0. The molecule has 2 aromatic rings. The van der Waals surface area contributed by atoms with Crippen LogP contribution in [0.15, 0.2) is 60.7 Å². The first-order chi connectivity index (χ1) is 9.66. The lowest BCUT2D eigenvalue weighted by molar-refractivity contribution is -0.138. The summed E-state index contributed by atoms with van der Waals surface area (Å²) in [5, 5.41) is 12.5. The third kappa shape index (κ3) is 3.25. The third-order valence-electron chi connectivity index (χ3n) is 3.61. The van der Waals surface area contributed by atoms with Crippen LogP contribution in [0.2, 0.25) is 0 Å². The number of rotatable bonds is 6. The number of carboxylic acid groups (broad SMARTS) is 1. The molecule has 0 bridgehead atoms. The number of aliphatic carboxylic acids is 1. The third-order valence-corrected chi connectivity index (χ3v) is 3.61. The van der Waals surface area contributed by atoms with E-state index >= 15 is 0 Å². The highest BCUT2D eigenvalue weighted by Crippen LogP contribution is 2.29. The molecule has 3 heteroatoms. The largest absolute Gasteiger partial charge is 0.481 e. The number of hydrogen-bond acceptors (Lipinski definition) is 2. The fourth-order valence-electron chi connectivity index (χ4n) is 2.55. The number of likely N-dealkylation sites (N-methyl/N-ethyl adjacent to an activating group) is 1. The molecule has 1 atom stereocenters. The second-order valence-corrected chi connectivity index (χ2v) is 4.93. The van der Waals surface area contributed by atoms with E-state index in [4.69, 9.17) is 0 Å². The Morgan fingerprint density at radius 2 is 1.60 bits per heavy atom. The highest BCUT2D eigenvalue weighted by Gasteiger charge is 2.33. The van der Waals surface area contributed by atoms with Crippen LogP contribution >= 0.6 is 0 Å². The first-order valence-corrected chi connectivity index (χ1v) is 6.66. The summed E-state index contributed by atoms with van der Waals surface area (Å²) in [6, 6.07) is 19.7. The van der Waals surface area contributed by atoms with Gasteiger partial charge in [0.15, 0.2) is 0 Å². The SMILES string of the molecule is CNC(CC(=O)O)(Cc1ccccc1)c1ccccc1. The van der Waals surface area contributed by atoms with Crippen LogP contribution in [-0.2, 0) is 16.8 Å². The Hall–Kier alpha value is -2.13. The average Bonchev–Trinajstić information content (AvgIpc) is 2.48. The monoisotopic (exact) mass is 269 g/mol. The summed E-state index contributed by atoms with van der Waals surface area (Å²) in [6.07, 6.45) is 0.684. The lowest BCUT2D eigenvalue weighted by atomic mass is 9.81. The second-order valence-electron chi connectivity index (χ2n) is 4.93. The normalized spacial score (nSPS) is 13.7. The van der Waals surface area contributed by atoms with Crippen LogP contribution in [-0.4, -0.2) is 18.1 Å². The molecule has 2 N–H and O–H groups in total. The quantitative estimate of drug-likeness (QED) is 0.847. The van der Waals surface area contributed by atoms with Crippen molar-refractivity contribution in [1.29, 1.82) is 0 Å². The van der Waals surface area contributed by atoms with E-state index in [9.17, 15) is 9.90 Å². The minimum Gasteiger partial charge on any atom is -0.481 e. The lowest BCUT2D eigenvalue weighted by Gasteiger charge is -2.33. The van der Waals surface area contributed by atoms with E-state index in [1.165, 1.54) is 0 Å². The van der Waals surface area contributed by atoms with Gasteiger partial charge in [-0.2, -0.15) is 0 Å². The van der Waals surface area contributed by atoms with Crippen molar-refractivity contribution in [3.05, 3.63) is 71.8 Å². The van der Waals surface area contributed by atoms with E-state index in [2.05, 4.69) is 5.32 Å². The Bertz CT molecular complexity index is 554. The van der Waals surface area contributed by atoms with E-state index in [-0.39, 0.29) is 6.42 Å². The minimum absolute atomic E-state index is 0.0441. The lowest BCUT2D eigenvalue weighted by Crippen LogP contribution is -2.44. The predicted octanol–water partition coefficient (Wildman–Crippen LogP) is 2.82. The van der Waals surface area contributed by atoms with Gasteiger partial charge >= 0.3 is 5.97 Å². The van der Waals surface area contributed by atoms with Crippen molar-refractivity contribution in [2.24, 2.45) is 0 Å². The van der Waals surface area contributed by atoms with Crippen LogP contribution in [0, 0.1) is 0 Å². The molecule has 0 heterocycles. The Morgan fingerprint density at radius 1 is 1.05 bits per heavy atom. The Morgan fingerprint density at radius 3 is 2.10 bits per heavy atom. The van der Waals surface area contributed by atoms with Crippen molar-refractivity contribution in [1.82, 2.24) is 5.32 Å². The molecular weight excluding hydrogens is 250 g/mol. The van der Waals surface area contributed by atoms with Crippen molar-refractivity contribution in [2.45, 2.75) is 18.4 Å². The smallest absolute Gasteiger partial charge is 0.305 e. The maximum absolute atomic E-state index is 11.3. The number of benzene rings is 2. The molecule has 0 aliphatic rings. The van der Waals surface area contributed by atoms with Crippen molar-refractivity contribution in [3.63, 3.8) is 0 Å². The molecule has 0 saturated carbocycles. The topological polar surface area (TPSA) is 49.3 Å². The molecule has 3 nitrogen and oxygen atoms in total. The van der Waals surface area contributed by atoms with Crippen LogP contribution in [0.4, 0.5) is 0 Å². The Balaban J connectivity index is 2.40. The first-order valence-electron chi connectivity index (χ1n) is 6.66. The van der Waals surface area contributed by atoms with Gasteiger partial charge in [-0.15, -0.1) is 0 Å². The van der Waals surface area contributed by atoms with Gasteiger partial charge in [0.25, 0.3) is 0 Å². The number of nitrogens with one attached hydrogen (secondary N) is 1. The molecule has 2 rings (SSSR count). The molecule has 2 aromatic carbocycles. The van der Waals surface area contributed by atoms with Gasteiger partial charge in [-0.1, -0.05) is 60.7 Å². The highest BCUT2D eigenvalue weighted by molar-refractivity contribution is 5.69. The van der Waals surface area contributed by atoms with Gasteiger partial charge in [-0.25, -0.2) is 0 Å². The molecule has 0 aliphatic carbocycles. The van der Waals surface area contributed by atoms with Gasteiger partial charge in [0, 0.05) is 0 Å². The molecule has 0 spiro atoms. The molecule has 0 aromatic heterocycles. The fraction of sp³-hybridized carbons (Fsp3) is 0.235. The number of hydrogen-bond donors (Lipinski definition) is 2. The molecule has 20 heavy (non-hydrogen) atoms. The van der Waals surface area contributed by atoms with Gasteiger partial charge in [0.1, 0.15) is 0 Å². The van der Waals surface area contributed by atoms with Crippen molar-refractivity contribution in [3.8, 4) is 0 Å². The number of carboxylic acids is 1. The Labute approximate surface area is 119 Å². The molecular formula is C17H19NO2. The molecule has 1 unspecified atom stereocenters. The standard InChI is InChI=1S/C17H19NO2/c1-18-17(13-16(19)20,15-10-6-3-7-11-15)12-14-8-4-2-5-9-14/h2-11,18H,12-13H2,1H3,(H,19,20). The molecule has 104 valence electrons. The van der Waals surface area contributed by atoms with Gasteiger partial charge in [0.2, 0.25) is 0 Å². The number of carbonyl (C=O) groups is 1. The molecule has 0 radical (unpaired) electrons. The fourth-order valence-corrected chi connectivity index (χ4v) is 2.55. The molecule has 0 fully saturated rings. The average molecular weight is 269 g/mol. The first kappa shape index (κ1) is 14.3. The second kappa shape index (κ2) is 6.35. The van der Waals surface area contributed by atoms with E-state index < -0.39 is 11.5 Å². The predicted molar refractivity (Wildman–Crippen MR) is 79.6 cm³/mol. The maximum atomic E-state index is 11.3. The summed E-state index contributed by atoms with van der Waals surface area (Å²) in [5.41, 5.74) is 1.52. The van der Waals surface area contributed by atoms with Crippen LogP contribution in [0.5, 0.6) is 0 Å².